The van der Waals surface area contributed by atoms with Crippen LogP contribution in [0.2, 0.25) is 0 Å². The minimum Gasteiger partial charge on any atom is -0.444 e. The smallest absolute Gasteiger partial charge is 0.410 e. The summed E-state index contributed by atoms with van der Waals surface area (Å²) in [5, 5.41) is 0. The summed E-state index contributed by atoms with van der Waals surface area (Å²) in [6.07, 6.45) is -2.76. The molecular weight excluding hydrogens is 264 g/mol. The van der Waals surface area contributed by atoms with Crippen LogP contribution in [0.25, 0.3) is 0 Å². The maximum Gasteiger partial charge on any atom is 0.410 e. The average molecular weight is 283 g/mol. The predicted octanol–water partition coefficient (Wildman–Crippen LogP) is 3.96. The van der Waals surface area contributed by atoms with Crippen molar-refractivity contribution in [3.63, 3.8) is 0 Å². The summed E-state index contributed by atoms with van der Waals surface area (Å²) in [5.41, 5.74) is 0.507. The van der Waals surface area contributed by atoms with Crippen molar-refractivity contribution in [3.05, 3.63) is 35.4 Å². The molecule has 0 N–H and O–H groups in total. The highest BCUT2D eigenvalue weighted by atomic mass is 19.3. The van der Waals surface area contributed by atoms with E-state index in [-0.39, 0.29) is 17.6 Å². The Morgan fingerprint density at radius 3 is 2.25 bits per heavy atom. The molecule has 0 bridgehead atoms. The van der Waals surface area contributed by atoms with Crippen molar-refractivity contribution in [2.45, 2.75) is 38.7 Å². The average Bonchev–Trinajstić information content (AvgIpc) is 2.25. The largest absolute Gasteiger partial charge is 0.444 e. The first-order valence-electron chi connectivity index (χ1n) is 6.62. The van der Waals surface area contributed by atoms with Gasteiger partial charge in [0, 0.05) is 24.6 Å². The molecule has 0 unspecified atom stereocenters. The Morgan fingerprint density at radius 2 is 1.80 bits per heavy atom. The van der Waals surface area contributed by atoms with Crippen LogP contribution in [0.15, 0.2) is 24.3 Å². The van der Waals surface area contributed by atoms with Gasteiger partial charge in [0.05, 0.1) is 0 Å². The molecule has 1 aromatic carbocycles. The van der Waals surface area contributed by atoms with E-state index >= 15 is 0 Å². The lowest BCUT2D eigenvalue weighted by atomic mass is 9.91. The zero-order valence-electron chi connectivity index (χ0n) is 11.9. The van der Waals surface area contributed by atoms with Gasteiger partial charge < -0.3 is 9.64 Å². The van der Waals surface area contributed by atoms with Gasteiger partial charge in [-0.15, -0.1) is 0 Å². The Labute approximate surface area is 117 Å². The number of likely N-dealkylation sites (tertiary alicyclic amines) is 1. The molecule has 1 heterocycles. The fraction of sp³-hybridized carbons (Fsp3) is 0.533. The number of halogens is 2. The lowest BCUT2D eigenvalue weighted by Gasteiger charge is -2.40. The van der Waals surface area contributed by atoms with Crippen molar-refractivity contribution in [1.82, 2.24) is 4.90 Å². The zero-order valence-corrected chi connectivity index (χ0v) is 11.9. The van der Waals surface area contributed by atoms with Crippen molar-refractivity contribution in [1.29, 1.82) is 0 Å². The van der Waals surface area contributed by atoms with Gasteiger partial charge in [0.2, 0.25) is 0 Å². The second kappa shape index (κ2) is 5.38. The summed E-state index contributed by atoms with van der Waals surface area (Å²) in [5.74, 6) is 0.203. The van der Waals surface area contributed by atoms with E-state index in [0.717, 1.165) is 5.56 Å². The summed E-state index contributed by atoms with van der Waals surface area (Å²) in [6.45, 7) is 6.62. The highest BCUT2D eigenvalue weighted by molar-refractivity contribution is 5.69. The number of rotatable bonds is 2. The monoisotopic (exact) mass is 283 g/mol. The molecule has 1 aliphatic heterocycles. The molecule has 1 amide bonds. The third kappa shape index (κ3) is 3.46. The Morgan fingerprint density at radius 1 is 1.25 bits per heavy atom. The molecule has 0 saturated carbocycles. The molecular formula is C15H19F2NO2. The van der Waals surface area contributed by atoms with Crippen LogP contribution in [0, 0.1) is 0 Å². The van der Waals surface area contributed by atoms with Gasteiger partial charge in [-0.2, -0.15) is 0 Å². The summed E-state index contributed by atoms with van der Waals surface area (Å²) in [6, 6.07) is 6.30. The molecule has 0 aromatic heterocycles. The molecule has 0 aliphatic carbocycles. The normalized spacial score (nSPS) is 16.2. The Kier molecular flexibility index (Phi) is 3.97. The van der Waals surface area contributed by atoms with E-state index in [4.69, 9.17) is 4.74 Å². The second-order valence-electron chi connectivity index (χ2n) is 6.05. The molecule has 0 atom stereocenters. The van der Waals surface area contributed by atoms with Crippen LogP contribution in [0.1, 0.15) is 44.2 Å². The molecule has 1 aromatic rings. The van der Waals surface area contributed by atoms with Crippen molar-refractivity contribution < 1.29 is 18.3 Å². The van der Waals surface area contributed by atoms with Gasteiger partial charge in [0.15, 0.2) is 0 Å². The summed E-state index contributed by atoms with van der Waals surface area (Å²) < 4.78 is 30.2. The van der Waals surface area contributed by atoms with Gasteiger partial charge in [-0.25, -0.2) is 13.6 Å². The van der Waals surface area contributed by atoms with Gasteiger partial charge in [-0.3, -0.25) is 0 Å². The number of carbonyl (C=O) groups is 1. The Hall–Kier alpha value is -1.65. The highest BCUT2D eigenvalue weighted by Gasteiger charge is 2.34. The first-order valence-corrected chi connectivity index (χ1v) is 6.62. The molecule has 110 valence electrons. The lowest BCUT2D eigenvalue weighted by Crippen LogP contribution is -2.50. The number of carbonyl (C=O) groups excluding carboxylic acids is 1. The first-order chi connectivity index (χ1) is 9.26. The quantitative estimate of drug-likeness (QED) is 0.822. The predicted molar refractivity (Wildman–Crippen MR) is 71.9 cm³/mol. The van der Waals surface area contributed by atoms with Gasteiger partial charge in [-0.1, -0.05) is 24.3 Å². The number of nitrogens with zero attached hydrogens (tertiary/aromatic N) is 1. The molecule has 1 fully saturated rings. The van der Waals surface area contributed by atoms with Gasteiger partial charge in [0.1, 0.15) is 5.60 Å². The van der Waals surface area contributed by atoms with Gasteiger partial charge in [-0.05, 0) is 26.3 Å². The van der Waals surface area contributed by atoms with Crippen LogP contribution in [-0.4, -0.2) is 29.7 Å². The molecule has 1 aliphatic rings. The van der Waals surface area contributed by atoms with Crippen LogP contribution in [0.5, 0.6) is 0 Å². The molecule has 2 rings (SSSR count). The van der Waals surface area contributed by atoms with E-state index < -0.39 is 12.0 Å². The van der Waals surface area contributed by atoms with E-state index in [0.29, 0.717) is 13.1 Å². The SMILES string of the molecule is CC(C)(C)OC(=O)N1CC(c2ccc(C(F)F)cc2)C1. The molecule has 5 heteroatoms. The number of amides is 1. The van der Waals surface area contributed by atoms with E-state index in [1.807, 2.05) is 20.8 Å². The highest BCUT2D eigenvalue weighted by Crippen LogP contribution is 2.29. The number of hydrogen-bond acceptors (Lipinski definition) is 2. The maximum absolute atomic E-state index is 12.5. The van der Waals surface area contributed by atoms with Gasteiger partial charge >= 0.3 is 6.09 Å². The summed E-state index contributed by atoms with van der Waals surface area (Å²) >= 11 is 0. The molecule has 0 radical (unpaired) electrons. The Balaban J connectivity index is 1.88. The van der Waals surface area contributed by atoms with Crippen LogP contribution in [0.3, 0.4) is 0 Å². The van der Waals surface area contributed by atoms with E-state index in [2.05, 4.69) is 0 Å². The number of ether oxygens (including phenoxy) is 1. The molecule has 3 nitrogen and oxygen atoms in total. The van der Waals surface area contributed by atoms with E-state index in [1.54, 1.807) is 17.0 Å². The summed E-state index contributed by atoms with van der Waals surface area (Å²) in [4.78, 5) is 13.4. The number of alkyl halides is 2. The summed E-state index contributed by atoms with van der Waals surface area (Å²) in [7, 11) is 0. The third-order valence-electron chi connectivity index (χ3n) is 3.19. The second-order valence-corrected chi connectivity index (χ2v) is 6.05. The maximum atomic E-state index is 12.5. The first kappa shape index (κ1) is 14.8. The minimum absolute atomic E-state index is 0.0251. The lowest BCUT2D eigenvalue weighted by molar-refractivity contribution is 0.00819. The topological polar surface area (TPSA) is 29.5 Å². The fourth-order valence-corrected chi connectivity index (χ4v) is 2.08. The van der Waals surface area contributed by atoms with Crippen LogP contribution in [-0.2, 0) is 4.74 Å². The van der Waals surface area contributed by atoms with Crippen molar-refractivity contribution in [2.75, 3.05) is 13.1 Å². The van der Waals surface area contributed by atoms with E-state index in [1.165, 1.54) is 12.1 Å². The zero-order chi connectivity index (χ0) is 14.9. The Bertz CT molecular complexity index is 474. The standard InChI is InChI=1S/C15H19F2NO2/c1-15(2,3)20-14(19)18-8-12(9-18)10-4-6-11(7-5-10)13(16)17/h4-7,12-13H,8-9H2,1-3H3. The fourth-order valence-electron chi connectivity index (χ4n) is 2.08. The van der Waals surface area contributed by atoms with Crippen LogP contribution >= 0.6 is 0 Å². The van der Waals surface area contributed by atoms with E-state index in [9.17, 15) is 13.6 Å². The third-order valence-corrected chi connectivity index (χ3v) is 3.19. The van der Waals surface area contributed by atoms with Gasteiger partial charge in [0.25, 0.3) is 6.43 Å². The van der Waals surface area contributed by atoms with Crippen molar-refractivity contribution in [2.24, 2.45) is 0 Å². The molecule has 20 heavy (non-hydrogen) atoms. The molecule has 1 saturated heterocycles. The number of benzene rings is 1. The number of hydrogen-bond donors (Lipinski definition) is 0. The van der Waals surface area contributed by atoms with Crippen molar-refractivity contribution >= 4 is 6.09 Å². The van der Waals surface area contributed by atoms with Crippen LogP contribution < -0.4 is 0 Å². The minimum atomic E-state index is -2.44. The van der Waals surface area contributed by atoms with Crippen LogP contribution in [0.4, 0.5) is 13.6 Å². The molecule has 0 spiro atoms. The van der Waals surface area contributed by atoms with Crippen molar-refractivity contribution in [3.8, 4) is 0 Å².